The molecule has 3 rings (SSSR count). The first kappa shape index (κ1) is 18.0. The van der Waals surface area contributed by atoms with Crippen molar-refractivity contribution < 1.29 is 14.3 Å². The molecule has 2 heterocycles. The van der Waals surface area contributed by atoms with Gasteiger partial charge < -0.3 is 10.1 Å². The molecule has 0 bridgehead atoms. The lowest BCUT2D eigenvalue weighted by molar-refractivity contribution is -0.125. The van der Waals surface area contributed by atoms with Crippen LogP contribution in [-0.2, 0) is 22.7 Å². The number of anilines is 1. The van der Waals surface area contributed by atoms with E-state index in [4.69, 9.17) is 4.74 Å². The van der Waals surface area contributed by atoms with Crippen LogP contribution in [0.15, 0.2) is 30.3 Å². The van der Waals surface area contributed by atoms with Crippen LogP contribution in [0.4, 0.5) is 5.82 Å². The number of hydrogen-bond acceptors (Lipinski definition) is 4. The van der Waals surface area contributed by atoms with Gasteiger partial charge in [0.1, 0.15) is 11.6 Å². The van der Waals surface area contributed by atoms with Gasteiger partial charge in [0, 0.05) is 38.5 Å². The number of rotatable bonds is 6. The highest BCUT2D eigenvalue weighted by Gasteiger charge is 2.24. The van der Waals surface area contributed by atoms with Gasteiger partial charge in [0.2, 0.25) is 11.8 Å². The SMILES string of the molecule is COc1cccc(CNC(=O)CCC(=O)N2CCCn3nc(C)cc32)c1. The van der Waals surface area contributed by atoms with E-state index in [1.54, 1.807) is 12.0 Å². The number of hydrogen-bond donors (Lipinski definition) is 1. The lowest BCUT2D eigenvalue weighted by Crippen LogP contribution is -2.38. The summed E-state index contributed by atoms with van der Waals surface area (Å²) in [5.74, 6) is 1.41. The first-order valence-electron chi connectivity index (χ1n) is 8.81. The molecule has 1 aromatic carbocycles. The van der Waals surface area contributed by atoms with E-state index in [1.165, 1.54) is 0 Å². The van der Waals surface area contributed by atoms with E-state index < -0.39 is 0 Å². The summed E-state index contributed by atoms with van der Waals surface area (Å²) in [4.78, 5) is 26.3. The van der Waals surface area contributed by atoms with E-state index in [9.17, 15) is 9.59 Å². The summed E-state index contributed by atoms with van der Waals surface area (Å²) in [5.41, 5.74) is 1.86. The van der Waals surface area contributed by atoms with Gasteiger partial charge in [0.25, 0.3) is 0 Å². The van der Waals surface area contributed by atoms with Crippen molar-refractivity contribution in [3.63, 3.8) is 0 Å². The largest absolute Gasteiger partial charge is 0.497 e. The van der Waals surface area contributed by atoms with Gasteiger partial charge in [-0.05, 0) is 31.0 Å². The van der Waals surface area contributed by atoms with Crippen molar-refractivity contribution in [2.24, 2.45) is 0 Å². The topological polar surface area (TPSA) is 76.5 Å². The maximum Gasteiger partial charge on any atom is 0.228 e. The number of carbonyl (C=O) groups excluding carboxylic acids is 2. The third kappa shape index (κ3) is 4.22. The van der Waals surface area contributed by atoms with Crippen molar-refractivity contribution in [1.29, 1.82) is 0 Å². The Morgan fingerprint density at radius 2 is 2.08 bits per heavy atom. The lowest BCUT2D eigenvalue weighted by atomic mass is 10.2. The summed E-state index contributed by atoms with van der Waals surface area (Å²) in [6.07, 6.45) is 1.24. The summed E-state index contributed by atoms with van der Waals surface area (Å²) < 4.78 is 7.03. The molecule has 26 heavy (non-hydrogen) atoms. The Morgan fingerprint density at radius 1 is 1.23 bits per heavy atom. The van der Waals surface area contributed by atoms with E-state index in [0.29, 0.717) is 13.1 Å². The molecule has 0 atom stereocenters. The van der Waals surface area contributed by atoms with Crippen molar-refractivity contribution in [1.82, 2.24) is 15.1 Å². The van der Waals surface area contributed by atoms with Crippen LogP contribution in [0.25, 0.3) is 0 Å². The van der Waals surface area contributed by atoms with E-state index in [-0.39, 0.29) is 24.7 Å². The molecule has 0 unspecified atom stereocenters. The molecule has 0 saturated heterocycles. The number of benzene rings is 1. The summed E-state index contributed by atoms with van der Waals surface area (Å²) in [6, 6.07) is 9.45. The predicted molar refractivity (Wildman–Crippen MR) is 98.0 cm³/mol. The molecule has 0 spiro atoms. The van der Waals surface area contributed by atoms with Crippen LogP contribution in [0.5, 0.6) is 5.75 Å². The first-order chi connectivity index (χ1) is 12.6. The third-order valence-corrected chi connectivity index (χ3v) is 4.40. The van der Waals surface area contributed by atoms with Crippen molar-refractivity contribution in [2.45, 2.75) is 39.3 Å². The van der Waals surface area contributed by atoms with Crippen LogP contribution in [0.1, 0.15) is 30.5 Å². The van der Waals surface area contributed by atoms with Crippen molar-refractivity contribution >= 4 is 17.6 Å². The second-order valence-corrected chi connectivity index (χ2v) is 6.39. The van der Waals surface area contributed by atoms with Gasteiger partial charge in [-0.25, -0.2) is 4.68 Å². The van der Waals surface area contributed by atoms with Crippen LogP contribution >= 0.6 is 0 Å². The Hall–Kier alpha value is -2.83. The molecule has 1 aromatic heterocycles. The standard InChI is InChI=1S/C19H24N4O3/c1-14-11-18-22(9-4-10-23(18)21-14)19(25)8-7-17(24)20-13-15-5-3-6-16(12-15)26-2/h3,5-6,11-12H,4,7-10,13H2,1-2H3,(H,20,24). The molecule has 1 aliphatic heterocycles. The minimum Gasteiger partial charge on any atom is -0.497 e. The van der Waals surface area contributed by atoms with Crippen LogP contribution < -0.4 is 15.0 Å². The minimum atomic E-state index is -0.136. The predicted octanol–water partition coefficient (Wildman–Crippen LogP) is 2.03. The van der Waals surface area contributed by atoms with Gasteiger partial charge in [-0.1, -0.05) is 12.1 Å². The van der Waals surface area contributed by atoms with Crippen LogP contribution in [-0.4, -0.2) is 35.2 Å². The highest BCUT2D eigenvalue weighted by atomic mass is 16.5. The monoisotopic (exact) mass is 356 g/mol. The molecule has 7 heteroatoms. The summed E-state index contributed by atoms with van der Waals surface area (Å²) >= 11 is 0. The average molecular weight is 356 g/mol. The number of amides is 2. The highest BCUT2D eigenvalue weighted by Crippen LogP contribution is 2.22. The number of nitrogens with one attached hydrogen (secondary N) is 1. The second kappa shape index (κ2) is 8.03. The van der Waals surface area contributed by atoms with Crippen molar-refractivity contribution in [3.05, 3.63) is 41.6 Å². The van der Waals surface area contributed by atoms with Gasteiger partial charge >= 0.3 is 0 Å². The van der Waals surface area contributed by atoms with E-state index in [1.807, 2.05) is 41.9 Å². The smallest absolute Gasteiger partial charge is 0.228 e. The average Bonchev–Trinajstić information content (AvgIpc) is 3.04. The number of fused-ring (bicyclic) bond motifs is 1. The van der Waals surface area contributed by atoms with Gasteiger partial charge in [0.05, 0.1) is 12.8 Å². The summed E-state index contributed by atoms with van der Waals surface area (Å²) in [6.45, 7) is 3.84. The molecule has 0 aliphatic carbocycles. The van der Waals surface area contributed by atoms with E-state index in [2.05, 4.69) is 10.4 Å². The molecule has 1 aliphatic rings. The highest BCUT2D eigenvalue weighted by molar-refractivity contribution is 5.95. The normalized spacial score (nSPS) is 13.2. The number of carbonyl (C=O) groups is 2. The molecular weight excluding hydrogens is 332 g/mol. The van der Waals surface area contributed by atoms with Crippen LogP contribution in [0.2, 0.25) is 0 Å². The molecule has 2 amide bonds. The van der Waals surface area contributed by atoms with E-state index in [0.717, 1.165) is 35.8 Å². The molecule has 138 valence electrons. The molecular formula is C19H24N4O3. The molecule has 0 saturated carbocycles. The van der Waals surface area contributed by atoms with Crippen LogP contribution in [0, 0.1) is 6.92 Å². The van der Waals surface area contributed by atoms with Gasteiger partial charge in [-0.15, -0.1) is 0 Å². The zero-order valence-corrected chi connectivity index (χ0v) is 15.2. The minimum absolute atomic E-state index is 0.0395. The number of nitrogens with zero attached hydrogens (tertiary/aromatic N) is 3. The number of aryl methyl sites for hydroxylation is 2. The fourth-order valence-electron chi connectivity index (χ4n) is 3.09. The molecule has 2 aromatic rings. The number of aromatic nitrogens is 2. The lowest BCUT2D eigenvalue weighted by Gasteiger charge is -2.27. The molecule has 0 radical (unpaired) electrons. The Balaban J connectivity index is 1.49. The van der Waals surface area contributed by atoms with Gasteiger partial charge in [-0.2, -0.15) is 5.10 Å². The first-order valence-corrected chi connectivity index (χ1v) is 8.81. The quantitative estimate of drug-likeness (QED) is 0.859. The summed E-state index contributed by atoms with van der Waals surface area (Å²) in [5, 5.41) is 7.24. The summed E-state index contributed by atoms with van der Waals surface area (Å²) in [7, 11) is 1.61. The zero-order chi connectivity index (χ0) is 18.5. The fraction of sp³-hybridized carbons (Fsp3) is 0.421. The Labute approximate surface area is 152 Å². The van der Waals surface area contributed by atoms with Crippen molar-refractivity contribution in [3.8, 4) is 5.75 Å². The maximum atomic E-state index is 12.5. The van der Waals surface area contributed by atoms with Crippen LogP contribution in [0.3, 0.4) is 0 Å². The Kier molecular flexibility index (Phi) is 5.55. The van der Waals surface area contributed by atoms with Crippen molar-refractivity contribution in [2.75, 3.05) is 18.6 Å². The van der Waals surface area contributed by atoms with E-state index >= 15 is 0 Å². The zero-order valence-electron chi connectivity index (χ0n) is 15.2. The van der Waals surface area contributed by atoms with Gasteiger partial charge in [-0.3, -0.25) is 14.5 Å². The third-order valence-electron chi connectivity index (χ3n) is 4.40. The fourth-order valence-corrected chi connectivity index (χ4v) is 3.09. The Morgan fingerprint density at radius 3 is 2.88 bits per heavy atom. The number of methoxy groups -OCH3 is 1. The second-order valence-electron chi connectivity index (χ2n) is 6.39. The Bertz CT molecular complexity index is 800. The molecule has 1 N–H and O–H groups in total. The molecule has 0 fully saturated rings. The number of ether oxygens (including phenoxy) is 1. The van der Waals surface area contributed by atoms with Gasteiger partial charge in [0.15, 0.2) is 0 Å². The molecule has 7 nitrogen and oxygen atoms in total. The maximum absolute atomic E-state index is 12.5.